The minimum Gasteiger partial charge on any atom is -0.486 e. The number of carbonyl (C=O) groups excluding carboxylic acids is 1. The molecule has 2 aromatic carbocycles. The van der Waals surface area contributed by atoms with Gasteiger partial charge in [0, 0.05) is 0 Å². The highest BCUT2D eigenvalue weighted by molar-refractivity contribution is 6.32. The standard InChI is InChI=1S/C18H18ClNO3/c1-2-13-11-20(15-8-4-6-10-17(15)23-13)18(21)12-22-16-9-5-3-7-14(16)19/h3-10,13H,2,11-12H2,1H3. The lowest BCUT2D eigenvalue weighted by Crippen LogP contribution is -2.45. The second-order valence-corrected chi connectivity index (χ2v) is 5.75. The molecule has 120 valence electrons. The molecule has 1 heterocycles. The predicted molar refractivity (Wildman–Crippen MR) is 90.4 cm³/mol. The summed E-state index contributed by atoms with van der Waals surface area (Å²) in [5.74, 6) is 1.13. The lowest BCUT2D eigenvalue weighted by molar-refractivity contribution is -0.121. The molecule has 0 spiro atoms. The fraction of sp³-hybridized carbons (Fsp3) is 0.278. The van der Waals surface area contributed by atoms with Gasteiger partial charge >= 0.3 is 0 Å². The number of para-hydroxylation sites is 3. The van der Waals surface area contributed by atoms with Gasteiger partial charge < -0.3 is 14.4 Å². The van der Waals surface area contributed by atoms with Gasteiger partial charge in [0.2, 0.25) is 0 Å². The van der Waals surface area contributed by atoms with Crippen molar-refractivity contribution in [2.24, 2.45) is 0 Å². The van der Waals surface area contributed by atoms with E-state index in [1.165, 1.54) is 0 Å². The Labute approximate surface area is 140 Å². The van der Waals surface area contributed by atoms with E-state index in [9.17, 15) is 4.79 Å². The highest BCUT2D eigenvalue weighted by Crippen LogP contribution is 2.34. The summed E-state index contributed by atoms with van der Waals surface area (Å²) in [6.45, 7) is 2.51. The van der Waals surface area contributed by atoms with Gasteiger partial charge in [-0.05, 0) is 30.7 Å². The zero-order chi connectivity index (χ0) is 16.2. The maximum absolute atomic E-state index is 12.6. The molecule has 1 aliphatic rings. The van der Waals surface area contributed by atoms with Crippen molar-refractivity contribution in [1.29, 1.82) is 0 Å². The Balaban J connectivity index is 1.75. The van der Waals surface area contributed by atoms with E-state index >= 15 is 0 Å². The molecule has 1 aliphatic heterocycles. The average Bonchev–Trinajstić information content (AvgIpc) is 2.59. The van der Waals surface area contributed by atoms with Gasteiger partial charge in [0.05, 0.1) is 17.3 Å². The molecule has 23 heavy (non-hydrogen) atoms. The van der Waals surface area contributed by atoms with E-state index in [-0.39, 0.29) is 18.6 Å². The molecule has 0 aliphatic carbocycles. The number of rotatable bonds is 4. The number of carbonyl (C=O) groups is 1. The van der Waals surface area contributed by atoms with Crippen LogP contribution in [0.4, 0.5) is 5.69 Å². The van der Waals surface area contributed by atoms with Crippen molar-refractivity contribution in [2.75, 3.05) is 18.1 Å². The Morgan fingerprint density at radius 1 is 1.26 bits per heavy atom. The Kier molecular flexibility index (Phi) is 4.72. The van der Waals surface area contributed by atoms with Gasteiger partial charge in [-0.25, -0.2) is 0 Å². The first-order valence-electron chi connectivity index (χ1n) is 7.62. The van der Waals surface area contributed by atoms with Crippen LogP contribution in [0.1, 0.15) is 13.3 Å². The molecule has 1 unspecified atom stereocenters. The van der Waals surface area contributed by atoms with Gasteiger partial charge in [-0.3, -0.25) is 4.79 Å². The number of hydrogen-bond acceptors (Lipinski definition) is 3. The number of benzene rings is 2. The molecule has 0 aromatic heterocycles. The van der Waals surface area contributed by atoms with Crippen LogP contribution in [-0.2, 0) is 4.79 Å². The highest BCUT2D eigenvalue weighted by atomic mass is 35.5. The summed E-state index contributed by atoms with van der Waals surface area (Å²) in [4.78, 5) is 14.3. The summed E-state index contributed by atoms with van der Waals surface area (Å²) in [5.41, 5.74) is 0.782. The Morgan fingerprint density at radius 3 is 2.78 bits per heavy atom. The van der Waals surface area contributed by atoms with Crippen LogP contribution >= 0.6 is 11.6 Å². The van der Waals surface area contributed by atoms with Crippen LogP contribution in [-0.4, -0.2) is 25.2 Å². The van der Waals surface area contributed by atoms with Crippen molar-refractivity contribution in [3.05, 3.63) is 53.6 Å². The van der Waals surface area contributed by atoms with Crippen LogP contribution in [0, 0.1) is 0 Å². The van der Waals surface area contributed by atoms with Crippen LogP contribution in [0.3, 0.4) is 0 Å². The van der Waals surface area contributed by atoms with Crippen molar-refractivity contribution in [1.82, 2.24) is 0 Å². The average molecular weight is 332 g/mol. The zero-order valence-electron chi connectivity index (χ0n) is 12.9. The third-order valence-electron chi connectivity index (χ3n) is 3.78. The molecule has 0 radical (unpaired) electrons. The molecule has 0 fully saturated rings. The molecule has 0 N–H and O–H groups in total. The summed E-state index contributed by atoms with van der Waals surface area (Å²) in [6, 6.07) is 14.7. The zero-order valence-corrected chi connectivity index (χ0v) is 13.6. The van der Waals surface area contributed by atoms with E-state index in [0.29, 0.717) is 17.3 Å². The van der Waals surface area contributed by atoms with Gasteiger partial charge in [0.25, 0.3) is 5.91 Å². The molecular weight excluding hydrogens is 314 g/mol. The topological polar surface area (TPSA) is 38.8 Å². The molecule has 2 aromatic rings. The van der Waals surface area contributed by atoms with Gasteiger partial charge in [0.15, 0.2) is 6.61 Å². The van der Waals surface area contributed by atoms with E-state index in [1.54, 1.807) is 17.0 Å². The second kappa shape index (κ2) is 6.92. The molecule has 1 atom stereocenters. The summed E-state index contributed by atoms with van der Waals surface area (Å²) in [7, 11) is 0. The molecule has 0 bridgehead atoms. The van der Waals surface area contributed by atoms with E-state index in [0.717, 1.165) is 17.9 Å². The number of anilines is 1. The number of ether oxygens (including phenoxy) is 2. The molecule has 3 rings (SSSR count). The van der Waals surface area contributed by atoms with Crippen LogP contribution in [0.2, 0.25) is 5.02 Å². The molecular formula is C18H18ClNO3. The molecule has 5 heteroatoms. The third-order valence-corrected chi connectivity index (χ3v) is 4.09. The summed E-state index contributed by atoms with van der Waals surface area (Å²) in [5, 5.41) is 0.495. The number of fused-ring (bicyclic) bond motifs is 1. The Bertz CT molecular complexity index is 704. The van der Waals surface area contributed by atoms with Gasteiger partial charge in [-0.15, -0.1) is 0 Å². The number of hydrogen-bond donors (Lipinski definition) is 0. The third kappa shape index (κ3) is 3.42. The molecule has 0 saturated heterocycles. The predicted octanol–water partition coefficient (Wildman–Crippen LogP) is 3.92. The SMILES string of the molecule is CCC1CN(C(=O)COc2ccccc2Cl)c2ccccc2O1. The quantitative estimate of drug-likeness (QED) is 0.852. The fourth-order valence-electron chi connectivity index (χ4n) is 2.53. The first-order valence-corrected chi connectivity index (χ1v) is 8.00. The van der Waals surface area contributed by atoms with Crippen molar-refractivity contribution >= 4 is 23.2 Å². The number of amides is 1. The van der Waals surface area contributed by atoms with Crippen molar-refractivity contribution < 1.29 is 14.3 Å². The fourth-order valence-corrected chi connectivity index (χ4v) is 2.72. The first-order chi connectivity index (χ1) is 11.2. The monoisotopic (exact) mass is 331 g/mol. The summed E-state index contributed by atoms with van der Waals surface area (Å²) in [6.07, 6.45) is 0.831. The van der Waals surface area contributed by atoms with Crippen LogP contribution in [0.15, 0.2) is 48.5 Å². The van der Waals surface area contributed by atoms with Crippen molar-refractivity contribution in [2.45, 2.75) is 19.4 Å². The normalized spacial score (nSPS) is 16.4. The number of halogens is 1. The molecule has 0 saturated carbocycles. The Morgan fingerprint density at radius 2 is 2.00 bits per heavy atom. The number of nitrogens with zero attached hydrogens (tertiary/aromatic N) is 1. The minimum absolute atomic E-state index is 0.00540. The second-order valence-electron chi connectivity index (χ2n) is 5.34. The van der Waals surface area contributed by atoms with Crippen LogP contribution < -0.4 is 14.4 Å². The Hall–Kier alpha value is -2.20. The van der Waals surface area contributed by atoms with E-state index in [2.05, 4.69) is 0 Å². The highest BCUT2D eigenvalue weighted by Gasteiger charge is 2.28. The van der Waals surface area contributed by atoms with Crippen LogP contribution in [0.5, 0.6) is 11.5 Å². The maximum Gasteiger partial charge on any atom is 0.265 e. The van der Waals surface area contributed by atoms with Crippen LogP contribution in [0.25, 0.3) is 0 Å². The van der Waals surface area contributed by atoms with Gasteiger partial charge in [0.1, 0.15) is 17.6 Å². The van der Waals surface area contributed by atoms with Gasteiger partial charge in [-0.2, -0.15) is 0 Å². The minimum atomic E-state index is -0.112. The maximum atomic E-state index is 12.6. The van der Waals surface area contributed by atoms with E-state index in [1.807, 2.05) is 43.3 Å². The smallest absolute Gasteiger partial charge is 0.265 e. The van der Waals surface area contributed by atoms with Crippen molar-refractivity contribution in [3.63, 3.8) is 0 Å². The largest absolute Gasteiger partial charge is 0.486 e. The summed E-state index contributed by atoms with van der Waals surface area (Å²) >= 11 is 6.05. The summed E-state index contributed by atoms with van der Waals surface area (Å²) < 4.78 is 11.5. The van der Waals surface area contributed by atoms with Gasteiger partial charge in [-0.1, -0.05) is 42.8 Å². The van der Waals surface area contributed by atoms with E-state index in [4.69, 9.17) is 21.1 Å². The lowest BCUT2D eigenvalue weighted by Gasteiger charge is -2.34. The van der Waals surface area contributed by atoms with E-state index < -0.39 is 0 Å². The molecule has 1 amide bonds. The lowest BCUT2D eigenvalue weighted by atomic mass is 10.1. The molecule has 4 nitrogen and oxygen atoms in total. The first kappa shape index (κ1) is 15.7. The van der Waals surface area contributed by atoms with Crippen molar-refractivity contribution in [3.8, 4) is 11.5 Å².